The number of nitrogens with two attached hydrogens (primary N) is 1. The monoisotopic (exact) mass is 513 g/mol. The number of methoxy groups -OCH3 is 2. The first-order valence-corrected chi connectivity index (χ1v) is 12.3. The molecule has 0 aliphatic heterocycles. The Labute approximate surface area is 224 Å². The van der Waals surface area contributed by atoms with Crippen molar-refractivity contribution in [2.75, 3.05) is 19.1 Å². The molecule has 1 unspecified atom stereocenters. The lowest BCUT2D eigenvalue weighted by atomic mass is 10.0. The average molecular weight is 514 g/mol. The van der Waals surface area contributed by atoms with Gasteiger partial charge >= 0.3 is 0 Å². The van der Waals surface area contributed by atoms with Crippen LogP contribution in [-0.2, 0) is 18.4 Å². The van der Waals surface area contributed by atoms with E-state index < -0.39 is 6.04 Å². The fourth-order valence-electron chi connectivity index (χ4n) is 4.05. The molecule has 0 saturated carbocycles. The molecule has 1 amide bonds. The highest BCUT2D eigenvalue weighted by Crippen LogP contribution is 2.34. The summed E-state index contributed by atoms with van der Waals surface area (Å²) in [6.45, 7) is 4.58. The standard InChI is InChI=1S/C23H24N2O4.C8H11N/c1-16-8-5-6-9-20(16)23(27)25(22(15-26)21-10-7-11-24(21)2)17-12-18(28-3)14-19(13-17)29-4;1-7-2-4-8(6-9)5-3-7/h5-15,22H,1-4H3;2-5H,6,9H2,1H3. The van der Waals surface area contributed by atoms with E-state index in [9.17, 15) is 9.59 Å². The molecule has 7 heteroatoms. The lowest BCUT2D eigenvalue weighted by Crippen LogP contribution is -2.37. The van der Waals surface area contributed by atoms with E-state index in [2.05, 4.69) is 31.2 Å². The van der Waals surface area contributed by atoms with Gasteiger partial charge in [0.2, 0.25) is 0 Å². The van der Waals surface area contributed by atoms with Crippen molar-refractivity contribution < 1.29 is 19.1 Å². The maximum absolute atomic E-state index is 13.6. The quantitative estimate of drug-likeness (QED) is 0.319. The molecule has 2 N–H and O–H groups in total. The Morgan fingerprint density at radius 3 is 2.08 bits per heavy atom. The number of ether oxygens (including phenoxy) is 2. The van der Waals surface area contributed by atoms with E-state index in [1.54, 1.807) is 38.5 Å². The van der Waals surface area contributed by atoms with Crippen LogP contribution in [-0.4, -0.2) is 31.0 Å². The Balaban J connectivity index is 0.000000375. The fraction of sp³-hybridized carbons (Fsp3) is 0.226. The lowest BCUT2D eigenvalue weighted by Gasteiger charge is -2.30. The molecule has 7 nitrogen and oxygen atoms in total. The predicted molar refractivity (Wildman–Crippen MR) is 151 cm³/mol. The summed E-state index contributed by atoms with van der Waals surface area (Å²) >= 11 is 0. The van der Waals surface area contributed by atoms with Crippen molar-refractivity contribution >= 4 is 17.9 Å². The van der Waals surface area contributed by atoms with Gasteiger partial charge in [-0.3, -0.25) is 9.69 Å². The molecule has 1 aromatic heterocycles. The van der Waals surface area contributed by atoms with Crippen molar-refractivity contribution in [2.45, 2.75) is 26.4 Å². The van der Waals surface area contributed by atoms with Crippen LogP contribution in [0.3, 0.4) is 0 Å². The third kappa shape index (κ3) is 6.69. The number of nitrogens with zero attached hydrogens (tertiary/aromatic N) is 2. The molecule has 0 aliphatic rings. The van der Waals surface area contributed by atoms with Crippen molar-refractivity contribution in [3.63, 3.8) is 0 Å². The number of benzene rings is 3. The summed E-state index contributed by atoms with van der Waals surface area (Å²) < 4.78 is 12.6. The molecule has 1 heterocycles. The van der Waals surface area contributed by atoms with Gasteiger partial charge < -0.3 is 24.6 Å². The number of hydrogen-bond donors (Lipinski definition) is 1. The second-order valence-electron chi connectivity index (χ2n) is 8.88. The second-order valence-corrected chi connectivity index (χ2v) is 8.88. The van der Waals surface area contributed by atoms with E-state index in [0.717, 1.165) is 11.8 Å². The molecule has 1 atom stereocenters. The number of carbonyl (C=O) groups excluding carboxylic acids is 2. The number of amides is 1. The number of rotatable bonds is 8. The van der Waals surface area contributed by atoms with Crippen molar-refractivity contribution in [3.8, 4) is 11.5 Å². The van der Waals surface area contributed by atoms with Gasteiger partial charge in [0, 0.05) is 49.2 Å². The summed E-state index contributed by atoms with van der Waals surface area (Å²) in [7, 11) is 4.93. The summed E-state index contributed by atoms with van der Waals surface area (Å²) in [5.74, 6) is 0.772. The lowest BCUT2D eigenvalue weighted by molar-refractivity contribution is -0.109. The molecule has 0 saturated heterocycles. The molecule has 0 radical (unpaired) electrons. The van der Waals surface area contributed by atoms with Gasteiger partial charge in [0.1, 0.15) is 23.8 Å². The van der Waals surface area contributed by atoms with E-state index in [-0.39, 0.29) is 5.91 Å². The fourth-order valence-corrected chi connectivity index (χ4v) is 4.05. The first kappa shape index (κ1) is 28.2. The van der Waals surface area contributed by atoms with Crippen LogP contribution in [0.1, 0.15) is 38.8 Å². The van der Waals surface area contributed by atoms with Gasteiger partial charge in [0.25, 0.3) is 5.91 Å². The van der Waals surface area contributed by atoms with Crippen molar-refractivity contribution in [3.05, 3.63) is 113 Å². The SMILES string of the molecule is COc1cc(OC)cc(N(C(=O)c2ccccc2C)C(C=O)c2cccn2C)c1.Cc1ccc(CN)cc1. The van der Waals surface area contributed by atoms with Crippen LogP contribution in [0, 0.1) is 13.8 Å². The summed E-state index contributed by atoms with van der Waals surface area (Å²) in [4.78, 5) is 27.4. The van der Waals surface area contributed by atoms with Gasteiger partial charge in [-0.05, 0) is 43.2 Å². The summed E-state index contributed by atoms with van der Waals surface area (Å²) in [5, 5.41) is 0. The molecule has 38 heavy (non-hydrogen) atoms. The van der Waals surface area contributed by atoms with Crippen LogP contribution in [0.2, 0.25) is 0 Å². The molecule has 198 valence electrons. The van der Waals surface area contributed by atoms with E-state index in [4.69, 9.17) is 15.2 Å². The average Bonchev–Trinajstić information content (AvgIpc) is 3.37. The van der Waals surface area contributed by atoms with Gasteiger partial charge in [-0.2, -0.15) is 0 Å². The molecule has 0 spiro atoms. The Morgan fingerprint density at radius 2 is 1.58 bits per heavy atom. The number of aromatic nitrogens is 1. The molecule has 4 aromatic rings. The number of anilines is 1. The molecule has 3 aromatic carbocycles. The van der Waals surface area contributed by atoms with E-state index in [1.165, 1.54) is 16.0 Å². The number of hydrogen-bond acceptors (Lipinski definition) is 5. The Morgan fingerprint density at radius 1 is 0.947 bits per heavy atom. The highest BCUT2D eigenvalue weighted by Gasteiger charge is 2.30. The minimum atomic E-state index is -0.820. The highest BCUT2D eigenvalue weighted by atomic mass is 16.5. The van der Waals surface area contributed by atoms with Crippen molar-refractivity contribution in [1.29, 1.82) is 0 Å². The first-order chi connectivity index (χ1) is 18.3. The van der Waals surface area contributed by atoms with E-state index >= 15 is 0 Å². The van der Waals surface area contributed by atoms with Crippen molar-refractivity contribution in [1.82, 2.24) is 4.57 Å². The summed E-state index contributed by atoms with van der Waals surface area (Å²) in [6.07, 6.45) is 2.62. The van der Waals surface area contributed by atoms with Crippen LogP contribution >= 0.6 is 0 Å². The zero-order valence-corrected chi connectivity index (χ0v) is 22.5. The van der Waals surface area contributed by atoms with Crippen LogP contribution in [0.25, 0.3) is 0 Å². The zero-order valence-electron chi connectivity index (χ0n) is 22.5. The second kappa shape index (κ2) is 13.3. The number of aryl methyl sites for hydroxylation is 3. The molecule has 0 bridgehead atoms. The molecular weight excluding hydrogens is 478 g/mol. The summed E-state index contributed by atoms with van der Waals surface area (Å²) in [5.41, 5.74) is 10.4. The maximum atomic E-state index is 13.6. The van der Waals surface area contributed by atoms with E-state index in [0.29, 0.717) is 35.0 Å². The maximum Gasteiger partial charge on any atom is 0.259 e. The first-order valence-electron chi connectivity index (χ1n) is 12.3. The number of aldehydes is 1. The Bertz CT molecular complexity index is 1340. The van der Waals surface area contributed by atoms with Gasteiger partial charge in [-0.1, -0.05) is 48.0 Å². The van der Waals surface area contributed by atoms with Crippen LogP contribution in [0.5, 0.6) is 11.5 Å². The van der Waals surface area contributed by atoms with Gasteiger partial charge in [-0.25, -0.2) is 0 Å². The van der Waals surface area contributed by atoms with Crippen molar-refractivity contribution in [2.24, 2.45) is 12.8 Å². The molecule has 4 rings (SSSR count). The normalized spacial score (nSPS) is 11.1. The third-order valence-corrected chi connectivity index (χ3v) is 6.26. The molecule has 0 fully saturated rings. The Kier molecular flexibility index (Phi) is 9.85. The Hall–Kier alpha value is -4.36. The van der Waals surface area contributed by atoms with Gasteiger partial charge in [0.05, 0.1) is 19.9 Å². The zero-order chi connectivity index (χ0) is 27.7. The van der Waals surface area contributed by atoms with Crippen LogP contribution < -0.4 is 20.1 Å². The highest BCUT2D eigenvalue weighted by molar-refractivity contribution is 6.09. The smallest absolute Gasteiger partial charge is 0.259 e. The van der Waals surface area contributed by atoms with Crippen LogP contribution in [0.15, 0.2) is 85.1 Å². The minimum absolute atomic E-state index is 0.281. The van der Waals surface area contributed by atoms with Crippen LogP contribution in [0.4, 0.5) is 5.69 Å². The predicted octanol–water partition coefficient (Wildman–Crippen LogP) is 5.39. The molecular formula is C31H35N3O4. The minimum Gasteiger partial charge on any atom is -0.497 e. The van der Waals surface area contributed by atoms with Gasteiger partial charge in [-0.15, -0.1) is 0 Å². The topological polar surface area (TPSA) is 86.8 Å². The van der Waals surface area contributed by atoms with E-state index in [1.807, 2.05) is 55.1 Å². The largest absolute Gasteiger partial charge is 0.497 e. The third-order valence-electron chi connectivity index (χ3n) is 6.26. The summed E-state index contributed by atoms with van der Waals surface area (Å²) in [6, 6.07) is 23.6. The number of carbonyl (C=O) groups is 2. The van der Waals surface area contributed by atoms with Gasteiger partial charge in [0.15, 0.2) is 0 Å². The molecule has 0 aliphatic carbocycles.